The van der Waals surface area contributed by atoms with Gasteiger partial charge in [-0.25, -0.2) is 9.59 Å². The molecule has 0 spiro atoms. The van der Waals surface area contributed by atoms with E-state index in [4.69, 9.17) is 0 Å². The van der Waals surface area contributed by atoms with E-state index in [0.29, 0.717) is 24.5 Å². The summed E-state index contributed by atoms with van der Waals surface area (Å²) >= 11 is 0. The van der Waals surface area contributed by atoms with Crippen LogP contribution in [0, 0.1) is 6.92 Å². The van der Waals surface area contributed by atoms with Crippen molar-refractivity contribution >= 4 is 23.4 Å². The lowest BCUT2D eigenvalue weighted by Gasteiger charge is -2.24. The first-order valence-corrected chi connectivity index (χ1v) is 9.26. The molecule has 0 radical (unpaired) electrons. The lowest BCUT2D eigenvalue weighted by atomic mass is 10.2. The Hall–Kier alpha value is -2.32. The number of anilines is 2. The van der Waals surface area contributed by atoms with Crippen LogP contribution in [-0.2, 0) is 0 Å². The van der Waals surface area contributed by atoms with Crippen molar-refractivity contribution in [3.63, 3.8) is 0 Å². The number of carbonyl (C=O) groups is 2. The summed E-state index contributed by atoms with van der Waals surface area (Å²) in [4.78, 5) is 27.8. The number of carbonyl (C=O) groups excluding carboxylic acids is 2. The molecule has 4 amide bonds. The van der Waals surface area contributed by atoms with Crippen molar-refractivity contribution in [3.05, 3.63) is 23.8 Å². The molecular formula is C19H32N4O4. The molecule has 0 bridgehead atoms. The number of urea groups is 2. The summed E-state index contributed by atoms with van der Waals surface area (Å²) in [7, 11) is 0. The maximum atomic E-state index is 12.4. The van der Waals surface area contributed by atoms with Gasteiger partial charge in [-0.2, -0.15) is 0 Å². The first kappa shape index (κ1) is 22.7. The van der Waals surface area contributed by atoms with Crippen LogP contribution < -0.4 is 10.6 Å². The fourth-order valence-electron chi connectivity index (χ4n) is 2.58. The second-order valence-electron chi connectivity index (χ2n) is 6.67. The Kier molecular flexibility index (Phi) is 9.04. The zero-order chi connectivity index (χ0) is 20.6. The monoisotopic (exact) mass is 380 g/mol. The van der Waals surface area contributed by atoms with Crippen molar-refractivity contribution in [1.29, 1.82) is 0 Å². The van der Waals surface area contributed by atoms with Crippen LogP contribution in [-0.4, -0.2) is 70.5 Å². The number of amides is 4. The van der Waals surface area contributed by atoms with Crippen molar-refractivity contribution in [2.75, 3.05) is 36.8 Å². The lowest BCUT2D eigenvalue weighted by Crippen LogP contribution is -2.39. The smallest absolute Gasteiger partial charge is 0.321 e. The van der Waals surface area contributed by atoms with E-state index in [1.54, 1.807) is 32.0 Å². The highest BCUT2D eigenvalue weighted by molar-refractivity contribution is 5.93. The van der Waals surface area contributed by atoms with Gasteiger partial charge in [-0.15, -0.1) is 0 Å². The molecule has 0 unspecified atom stereocenters. The minimum Gasteiger partial charge on any atom is -0.392 e. The van der Waals surface area contributed by atoms with E-state index in [-0.39, 0.29) is 25.2 Å². The Bertz CT molecular complexity index is 634. The van der Waals surface area contributed by atoms with Gasteiger partial charge in [0.1, 0.15) is 0 Å². The second-order valence-corrected chi connectivity index (χ2v) is 6.67. The Labute approximate surface area is 161 Å². The summed E-state index contributed by atoms with van der Waals surface area (Å²) in [6.45, 7) is 10.2. The zero-order valence-electron chi connectivity index (χ0n) is 16.8. The Morgan fingerprint density at radius 2 is 1.44 bits per heavy atom. The summed E-state index contributed by atoms with van der Waals surface area (Å²) in [5.41, 5.74) is 1.98. The first-order chi connectivity index (χ1) is 12.7. The van der Waals surface area contributed by atoms with Gasteiger partial charge in [-0.1, -0.05) is 6.07 Å². The van der Waals surface area contributed by atoms with Crippen molar-refractivity contribution in [2.45, 2.75) is 46.8 Å². The van der Waals surface area contributed by atoms with Crippen LogP contribution >= 0.6 is 0 Å². The predicted molar refractivity (Wildman–Crippen MR) is 107 cm³/mol. The minimum absolute atomic E-state index is 0.239. The van der Waals surface area contributed by atoms with Crippen molar-refractivity contribution in [1.82, 2.24) is 9.80 Å². The molecule has 152 valence electrons. The highest BCUT2D eigenvalue weighted by Crippen LogP contribution is 2.21. The van der Waals surface area contributed by atoms with Gasteiger partial charge in [0.25, 0.3) is 0 Å². The molecule has 0 aromatic heterocycles. The Balaban J connectivity index is 2.87. The number of nitrogens with zero attached hydrogens (tertiary/aromatic N) is 2. The molecule has 0 aliphatic heterocycles. The molecule has 8 nitrogen and oxygen atoms in total. The highest BCUT2D eigenvalue weighted by Gasteiger charge is 2.17. The second kappa shape index (κ2) is 10.7. The number of benzene rings is 1. The van der Waals surface area contributed by atoms with Crippen LogP contribution in [0.4, 0.5) is 21.0 Å². The number of hydrogen-bond acceptors (Lipinski definition) is 4. The highest BCUT2D eigenvalue weighted by atomic mass is 16.3. The number of hydrogen-bond donors (Lipinski definition) is 4. The fraction of sp³-hybridized carbons (Fsp3) is 0.579. The lowest BCUT2D eigenvalue weighted by molar-refractivity contribution is 0.141. The molecule has 8 heteroatoms. The van der Waals surface area contributed by atoms with Gasteiger partial charge in [0.15, 0.2) is 0 Å². The molecule has 1 aromatic carbocycles. The average Bonchev–Trinajstić information content (AvgIpc) is 2.59. The number of rotatable bonds is 8. The van der Waals surface area contributed by atoms with E-state index >= 15 is 0 Å². The molecule has 0 saturated heterocycles. The third-order valence-electron chi connectivity index (χ3n) is 4.04. The molecule has 0 saturated carbocycles. The van der Waals surface area contributed by atoms with E-state index in [9.17, 15) is 19.8 Å². The Morgan fingerprint density at radius 1 is 0.963 bits per heavy atom. The molecule has 0 aliphatic rings. The van der Waals surface area contributed by atoms with Crippen LogP contribution in [0.3, 0.4) is 0 Å². The summed E-state index contributed by atoms with van der Waals surface area (Å²) in [6, 6.07) is 4.63. The molecule has 0 heterocycles. The SMILES string of the molecule is CCN(C[C@H](C)O)C(=O)Nc1ccc(C)c(NC(=O)N(CC)C[C@H](C)O)c1. The van der Waals surface area contributed by atoms with Gasteiger partial charge in [0.2, 0.25) is 0 Å². The number of aryl methyl sites for hydroxylation is 1. The summed E-state index contributed by atoms with van der Waals surface area (Å²) in [5.74, 6) is 0. The molecular weight excluding hydrogens is 348 g/mol. The molecule has 27 heavy (non-hydrogen) atoms. The molecule has 4 N–H and O–H groups in total. The third kappa shape index (κ3) is 7.44. The summed E-state index contributed by atoms with van der Waals surface area (Å²) < 4.78 is 0. The van der Waals surface area contributed by atoms with Gasteiger partial charge in [0, 0.05) is 37.6 Å². The molecule has 0 fully saturated rings. The molecule has 0 aliphatic carbocycles. The van der Waals surface area contributed by atoms with E-state index in [2.05, 4.69) is 10.6 Å². The van der Waals surface area contributed by atoms with Gasteiger partial charge in [-0.05, 0) is 52.3 Å². The summed E-state index contributed by atoms with van der Waals surface area (Å²) in [5, 5.41) is 24.6. The standard InChI is InChI=1S/C19H32N4O4/c1-6-22(11-14(4)24)18(26)20-16-9-8-13(3)17(10-16)21-19(27)23(7-2)12-15(5)25/h8-10,14-15,24-25H,6-7,11-12H2,1-5H3,(H,20,26)(H,21,27)/t14-,15-/m0/s1. The maximum absolute atomic E-state index is 12.4. The van der Waals surface area contributed by atoms with Gasteiger partial charge in [0.05, 0.1) is 12.2 Å². The van der Waals surface area contributed by atoms with Crippen LogP contribution in [0.1, 0.15) is 33.3 Å². The fourth-order valence-corrected chi connectivity index (χ4v) is 2.58. The number of likely N-dealkylation sites (N-methyl/N-ethyl adjacent to an activating group) is 2. The van der Waals surface area contributed by atoms with Gasteiger partial charge < -0.3 is 30.6 Å². The number of aliphatic hydroxyl groups is 2. The normalized spacial score (nSPS) is 12.9. The average molecular weight is 380 g/mol. The number of aliphatic hydroxyl groups excluding tert-OH is 2. The zero-order valence-corrected chi connectivity index (χ0v) is 16.8. The number of nitrogens with one attached hydrogen (secondary N) is 2. The van der Waals surface area contributed by atoms with Gasteiger partial charge in [-0.3, -0.25) is 0 Å². The molecule has 1 rings (SSSR count). The Morgan fingerprint density at radius 3 is 1.89 bits per heavy atom. The van der Waals surface area contributed by atoms with E-state index in [0.717, 1.165) is 5.56 Å². The van der Waals surface area contributed by atoms with E-state index < -0.39 is 12.2 Å². The molecule has 1 aromatic rings. The van der Waals surface area contributed by atoms with Crippen LogP contribution in [0.25, 0.3) is 0 Å². The van der Waals surface area contributed by atoms with Crippen molar-refractivity contribution < 1.29 is 19.8 Å². The van der Waals surface area contributed by atoms with E-state index in [1.165, 1.54) is 9.80 Å². The van der Waals surface area contributed by atoms with Crippen LogP contribution in [0.5, 0.6) is 0 Å². The van der Waals surface area contributed by atoms with Crippen molar-refractivity contribution in [2.24, 2.45) is 0 Å². The minimum atomic E-state index is -0.614. The van der Waals surface area contributed by atoms with Crippen molar-refractivity contribution in [3.8, 4) is 0 Å². The predicted octanol–water partition coefficient (Wildman–Crippen LogP) is 2.46. The van der Waals surface area contributed by atoms with Gasteiger partial charge >= 0.3 is 12.1 Å². The van der Waals surface area contributed by atoms with E-state index in [1.807, 2.05) is 20.8 Å². The van der Waals surface area contributed by atoms with Crippen LogP contribution in [0.15, 0.2) is 18.2 Å². The van der Waals surface area contributed by atoms with Crippen LogP contribution in [0.2, 0.25) is 0 Å². The maximum Gasteiger partial charge on any atom is 0.321 e. The molecule has 2 atom stereocenters. The topological polar surface area (TPSA) is 105 Å². The summed E-state index contributed by atoms with van der Waals surface area (Å²) in [6.07, 6.45) is -1.23. The third-order valence-corrected chi connectivity index (χ3v) is 4.04. The largest absolute Gasteiger partial charge is 0.392 e. The quantitative estimate of drug-likeness (QED) is 0.556. The first-order valence-electron chi connectivity index (χ1n) is 9.26.